The van der Waals surface area contributed by atoms with Crippen molar-refractivity contribution in [3.63, 3.8) is 0 Å². The summed E-state index contributed by atoms with van der Waals surface area (Å²) in [5.74, 6) is 0.0268. The topological polar surface area (TPSA) is 64.4 Å². The van der Waals surface area contributed by atoms with Crippen molar-refractivity contribution in [2.45, 2.75) is 56.9 Å². The number of ether oxygens (including phenoxy) is 1. The number of rotatable bonds is 3. The average molecular weight is 198 g/mol. The second kappa shape index (κ2) is 3.87. The highest BCUT2D eigenvalue weighted by Crippen LogP contribution is 2.24. The molecular weight excluding hydrogens is 180 g/mol. The van der Waals surface area contributed by atoms with Crippen molar-refractivity contribution in [3.05, 3.63) is 0 Å². The van der Waals surface area contributed by atoms with Crippen LogP contribution in [-0.4, -0.2) is 30.2 Å². The van der Waals surface area contributed by atoms with Crippen LogP contribution in [0.5, 0.6) is 0 Å². The van der Waals surface area contributed by atoms with E-state index in [2.05, 4.69) is 12.2 Å². The number of nitrogens with two attached hydrogens (primary N) is 1. The number of carbonyl (C=O) groups excluding carboxylic acids is 1. The van der Waals surface area contributed by atoms with Gasteiger partial charge in [-0.15, -0.1) is 0 Å². The quantitative estimate of drug-likeness (QED) is 0.679. The van der Waals surface area contributed by atoms with Gasteiger partial charge in [-0.05, 0) is 25.7 Å². The van der Waals surface area contributed by atoms with Gasteiger partial charge in [0.05, 0.1) is 6.10 Å². The molecule has 0 aromatic rings. The molecule has 0 radical (unpaired) electrons. The van der Waals surface area contributed by atoms with Crippen LogP contribution in [0.25, 0.3) is 0 Å². The zero-order valence-corrected chi connectivity index (χ0v) is 8.53. The fourth-order valence-electron chi connectivity index (χ4n) is 1.86. The van der Waals surface area contributed by atoms with Gasteiger partial charge in [0.25, 0.3) is 0 Å². The number of hydrogen-bond acceptors (Lipinski definition) is 3. The van der Waals surface area contributed by atoms with E-state index in [1.54, 1.807) is 0 Å². The SMILES string of the molecule is CCC1CCC(C(=O)NC2CC2N)O1. The highest BCUT2D eigenvalue weighted by Gasteiger charge is 2.38. The minimum absolute atomic E-state index is 0.0268. The van der Waals surface area contributed by atoms with Gasteiger partial charge < -0.3 is 15.8 Å². The summed E-state index contributed by atoms with van der Waals surface area (Å²) in [5.41, 5.74) is 5.61. The molecule has 1 aliphatic heterocycles. The summed E-state index contributed by atoms with van der Waals surface area (Å²) in [6.07, 6.45) is 3.81. The monoisotopic (exact) mass is 198 g/mol. The molecule has 80 valence electrons. The third-order valence-corrected chi connectivity index (χ3v) is 3.02. The van der Waals surface area contributed by atoms with Crippen molar-refractivity contribution >= 4 is 5.91 Å². The van der Waals surface area contributed by atoms with E-state index in [0.29, 0.717) is 0 Å². The van der Waals surface area contributed by atoms with Gasteiger partial charge in [0.1, 0.15) is 6.10 Å². The molecule has 1 saturated carbocycles. The Hall–Kier alpha value is -0.610. The average Bonchev–Trinajstić information content (AvgIpc) is 2.72. The molecule has 4 atom stereocenters. The van der Waals surface area contributed by atoms with Gasteiger partial charge in [-0.1, -0.05) is 6.92 Å². The van der Waals surface area contributed by atoms with Gasteiger partial charge in [-0.3, -0.25) is 4.79 Å². The number of amides is 1. The van der Waals surface area contributed by atoms with E-state index in [-0.39, 0.29) is 30.2 Å². The van der Waals surface area contributed by atoms with Crippen LogP contribution in [0.2, 0.25) is 0 Å². The maximum absolute atomic E-state index is 11.6. The maximum atomic E-state index is 11.6. The molecule has 2 aliphatic rings. The molecule has 0 spiro atoms. The minimum Gasteiger partial charge on any atom is -0.365 e. The fourth-order valence-corrected chi connectivity index (χ4v) is 1.86. The highest BCUT2D eigenvalue weighted by molar-refractivity contribution is 5.81. The van der Waals surface area contributed by atoms with Gasteiger partial charge >= 0.3 is 0 Å². The van der Waals surface area contributed by atoms with Crippen LogP contribution < -0.4 is 11.1 Å². The first-order chi connectivity index (χ1) is 6.70. The summed E-state index contributed by atoms with van der Waals surface area (Å²) < 4.78 is 5.58. The molecule has 3 N–H and O–H groups in total. The van der Waals surface area contributed by atoms with Crippen LogP contribution in [0.3, 0.4) is 0 Å². The first-order valence-electron chi connectivity index (χ1n) is 5.42. The highest BCUT2D eigenvalue weighted by atomic mass is 16.5. The third kappa shape index (κ3) is 2.07. The largest absolute Gasteiger partial charge is 0.365 e. The van der Waals surface area contributed by atoms with Gasteiger partial charge in [0, 0.05) is 12.1 Å². The molecular formula is C10H18N2O2. The number of carbonyl (C=O) groups is 1. The van der Waals surface area contributed by atoms with Crippen molar-refractivity contribution in [2.24, 2.45) is 5.73 Å². The summed E-state index contributed by atoms with van der Waals surface area (Å²) in [7, 11) is 0. The summed E-state index contributed by atoms with van der Waals surface area (Å²) in [6, 6.07) is 0.370. The van der Waals surface area contributed by atoms with Gasteiger partial charge in [0.15, 0.2) is 0 Å². The Labute approximate surface area is 84.2 Å². The molecule has 0 bridgehead atoms. The maximum Gasteiger partial charge on any atom is 0.249 e. The fraction of sp³-hybridized carbons (Fsp3) is 0.900. The summed E-state index contributed by atoms with van der Waals surface area (Å²) >= 11 is 0. The Morgan fingerprint density at radius 1 is 1.57 bits per heavy atom. The van der Waals surface area contributed by atoms with E-state index in [0.717, 1.165) is 25.7 Å². The smallest absolute Gasteiger partial charge is 0.249 e. The Balaban J connectivity index is 1.75. The van der Waals surface area contributed by atoms with Crippen LogP contribution in [-0.2, 0) is 9.53 Å². The Morgan fingerprint density at radius 3 is 2.79 bits per heavy atom. The molecule has 4 heteroatoms. The van der Waals surface area contributed by atoms with Gasteiger partial charge in [-0.25, -0.2) is 0 Å². The lowest BCUT2D eigenvalue weighted by Crippen LogP contribution is -2.38. The van der Waals surface area contributed by atoms with Crippen molar-refractivity contribution in [2.75, 3.05) is 0 Å². The molecule has 2 fully saturated rings. The minimum atomic E-state index is -0.229. The second-order valence-electron chi connectivity index (χ2n) is 4.25. The first kappa shape index (κ1) is 9.93. The van der Waals surface area contributed by atoms with E-state index in [1.807, 2.05) is 0 Å². The molecule has 0 aromatic heterocycles. The van der Waals surface area contributed by atoms with Crippen molar-refractivity contribution in [3.8, 4) is 0 Å². The predicted molar refractivity (Wildman–Crippen MR) is 52.7 cm³/mol. The zero-order valence-electron chi connectivity index (χ0n) is 8.53. The summed E-state index contributed by atoms with van der Waals surface area (Å²) in [4.78, 5) is 11.6. The summed E-state index contributed by atoms with van der Waals surface area (Å²) in [6.45, 7) is 2.09. The van der Waals surface area contributed by atoms with Gasteiger partial charge in [0.2, 0.25) is 5.91 Å². The first-order valence-corrected chi connectivity index (χ1v) is 5.42. The molecule has 1 heterocycles. The molecule has 1 aliphatic carbocycles. The van der Waals surface area contributed by atoms with E-state index in [1.165, 1.54) is 0 Å². The Morgan fingerprint density at radius 2 is 2.29 bits per heavy atom. The van der Waals surface area contributed by atoms with E-state index in [9.17, 15) is 4.79 Å². The van der Waals surface area contributed by atoms with E-state index >= 15 is 0 Å². The van der Waals surface area contributed by atoms with Crippen LogP contribution in [0.4, 0.5) is 0 Å². The van der Waals surface area contributed by atoms with E-state index < -0.39 is 0 Å². The van der Waals surface area contributed by atoms with Crippen molar-refractivity contribution in [1.82, 2.24) is 5.32 Å². The van der Waals surface area contributed by atoms with E-state index in [4.69, 9.17) is 10.5 Å². The Bertz CT molecular complexity index is 232. The molecule has 4 unspecified atom stereocenters. The lowest BCUT2D eigenvalue weighted by Gasteiger charge is -2.12. The molecule has 14 heavy (non-hydrogen) atoms. The lowest BCUT2D eigenvalue weighted by molar-refractivity contribution is -0.132. The van der Waals surface area contributed by atoms with Crippen molar-refractivity contribution in [1.29, 1.82) is 0 Å². The molecule has 4 nitrogen and oxygen atoms in total. The lowest BCUT2D eigenvalue weighted by atomic mass is 10.1. The number of nitrogens with one attached hydrogen (secondary N) is 1. The van der Waals surface area contributed by atoms with Crippen LogP contribution in [0.15, 0.2) is 0 Å². The standard InChI is InChI=1S/C10H18N2O2/c1-2-6-3-4-9(14-6)10(13)12-8-5-7(8)11/h6-9H,2-5,11H2,1H3,(H,12,13). The molecule has 2 rings (SSSR count). The van der Waals surface area contributed by atoms with Crippen molar-refractivity contribution < 1.29 is 9.53 Å². The third-order valence-electron chi connectivity index (χ3n) is 3.02. The summed E-state index contributed by atoms with van der Waals surface area (Å²) in [5, 5.41) is 2.90. The molecule has 1 amide bonds. The predicted octanol–water partition coefficient (Wildman–Crippen LogP) is 0.160. The van der Waals surface area contributed by atoms with Crippen LogP contribution in [0, 0.1) is 0 Å². The van der Waals surface area contributed by atoms with Gasteiger partial charge in [-0.2, -0.15) is 0 Å². The van der Waals surface area contributed by atoms with Crippen LogP contribution in [0.1, 0.15) is 32.6 Å². The molecule has 1 saturated heterocycles. The number of hydrogen-bond donors (Lipinski definition) is 2. The Kier molecular flexibility index (Phi) is 2.74. The normalized spacial score (nSPS) is 41.0. The zero-order chi connectivity index (χ0) is 10.1. The van der Waals surface area contributed by atoms with Crippen LogP contribution >= 0.6 is 0 Å². The second-order valence-corrected chi connectivity index (χ2v) is 4.25. The molecule has 0 aromatic carbocycles.